The summed E-state index contributed by atoms with van der Waals surface area (Å²) in [4.78, 5) is 10.7. The molecule has 0 fully saturated rings. The van der Waals surface area contributed by atoms with Gasteiger partial charge in [0.25, 0.3) is 0 Å². The van der Waals surface area contributed by atoms with Crippen LogP contribution in [-0.2, 0) is 14.8 Å². The third kappa shape index (κ3) is 4.86. The molecule has 0 aliphatic heterocycles. The highest BCUT2D eigenvalue weighted by Crippen LogP contribution is 2.30. The molecule has 0 amide bonds. The lowest BCUT2D eigenvalue weighted by Crippen LogP contribution is -2.43. The van der Waals surface area contributed by atoms with E-state index in [2.05, 4.69) is 4.72 Å². The standard InChI is InChI=1S/C14H20ClNO5S/c1-9-7-11(21-4)10(15)8-12(9)22(19,20)16-14(2,3)6-5-13(17)18/h7-8,16H,5-6H2,1-4H3,(H,17,18). The van der Waals surface area contributed by atoms with Gasteiger partial charge in [0.2, 0.25) is 10.0 Å². The van der Waals surface area contributed by atoms with Gasteiger partial charge in [-0.05, 0) is 44.9 Å². The van der Waals surface area contributed by atoms with Gasteiger partial charge in [0.15, 0.2) is 0 Å². The first-order valence-corrected chi connectivity index (χ1v) is 8.44. The normalized spacial score (nSPS) is 12.2. The summed E-state index contributed by atoms with van der Waals surface area (Å²) >= 11 is 5.99. The van der Waals surface area contributed by atoms with E-state index in [1.807, 2.05) is 0 Å². The number of benzene rings is 1. The van der Waals surface area contributed by atoms with Crippen molar-refractivity contribution in [3.63, 3.8) is 0 Å². The molecule has 0 unspecified atom stereocenters. The summed E-state index contributed by atoms with van der Waals surface area (Å²) in [7, 11) is -2.38. The summed E-state index contributed by atoms with van der Waals surface area (Å²) in [5.41, 5.74) is -0.404. The van der Waals surface area contributed by atoms with E-state index in [1.165, 1.54) is 13.2 Å². The Kier molecular flexibility index (Phi) is 5.83. The second-order valence-corrected chi connectivity index (χ2v) is 7.69. The molecule has 22 heavy (non-hydrogen) atoms. The highest BCUT2D eigenvalue weighted by molar-refractivity contribution is 7.89. The number of aryl methyl sites for hydroxylation is 1. The van der Waals surface area contributed by atoms with Crippen LogP contribution in [-0.4, -0.2) is 32.1 Å². The summed E-state index contributed by atoms with van der Waals surface area (Å²) in [6.07, 6.45) is 0.0440. The molecular formula is C14H20ClNO5S. The number of carboxylic acids is 1. The minimum Gasteiger partial charge on any atom is -0.495 e. The fraction of sp³-hybridized carbons (Fsp3) is 0.500. The third-order valence-corrected chi connectivity index (χ3v) is 5.25. The molecule has 0 radical (unpaired) electrons. The molecule has 2 N–H and O–H groups in total. The van der Waals surface area contributed by atoms with Gasteiger partial charge in [-0.3, -0.25) is 4.79 Å². The van der Waals surface area contributed by atoms with E-state index in [1.54, 1.807) is 26.8 Å². The lowest BCUT2D eigenvalue weighted by atomic mass is 10.0. The topological polar surface area (TPSA) is 92.7 Å². The molecule has 1 aromatic carbocycles. The number of methoxy groups -OCH3 is 1. The second-order valence-electron chi connectivity index (χ2n) is 5.64. The van der Waals surface area contributed by atoms with Crippen LogP contribution in [0, 0.1) is 6.92 Å². The summed E-state index contributed by atoms with van der Waals surface area (Å²) in [6, 6.07) is 2.87. The van der Waals surface area contributed by atoms with Gasteiger partial charge in [-0.1, -0.05) is 11.6 Å². The Morgan fingerprint density at radius 1 is 1.41 bits per heavy atom. The summed E-state index contributed by atoms with van der Waals surface area (Å²) < 4.78 is 32.6. The Bertz CT molecular complexity index is 670. The quantitative estimate of drug-likeness (QED) is 0.789. The van der Waals surface area contributed by atoms with Crippen LogP contribution < -0.4 is 9.46 Å². The van der Waals surface area contributed by atoms with Gasteiger partial charge in [-0.15, -0.1) is 0 Å². The maximum absolute atomic E-state index is 12.5. The molecule has 1 rings (SSSR count). The van der Waals surface area contributed by atoms with E-state index in [0.29, 0.717) is 11.3 Å². The Morgan fingerprint density at radius 3 is 2.50 bits per heavy atom. The lowest BCUT2D eigenvalue weighted by molar-refractivity contribution is -0.137. The van der Waals surface area contributed by atoms with E-state index in [-0.39, 0.29) is 22.8 Å². The number of aliphatic carboxylic acids is 1. The van der Waals surface area contributed by atoms with Gasteiger partial charge >= 0.3 is 5.97 Å². The maximum atomic E-state index is 12.5. The molecule has 8 heteroatoms. The first kappa shape index (κ1) is 18.7. The number of rotatable bonds is 7. The number of nitrogens with one attached hydrogen (secondary N) is 1. The van der Waals surface area contributed by atoms with Crippen molar-refractivity contribution >= 4 is 27.6 Å². The zero-order valence-corrected chi connectivity index (χ0v) is 14.5. The van der Waals surface area contributed by atoms with Gasteiger partial charge in [0.1, 0.15) is 5.75 Å². The number of hydrogen-bond donors (Lipinski definition) is 2. The van der Waals surface area contributed by atoms with E-state index < -0.39 is 21.5 Å². The molecule has 1 aromatic rings. The van der Waals surface area contributed by atoms with E-state index in [0.717, 1.165) is 0 Å². The monoisotopic (exact) mass is 349 g/mol. The molecule has 124 valence electrons. The van der Waals surface area contributed by atoms with Crippen molar-refractivity contribution in [1.82, 2.24) is 4.72 Å². The molecule has 0 saturated carbocycles. The molecular weight excluding hydrogens is 330 g/mol. The average molecular weight is 350 g/mol. The molecule has 0 bridgehead atoms. The molecule has 0 saturated heterocycles. The van der Waals surface area contributed by atoms with Crippen LogP contribution >= 0.6 is 11.6 Å². The number of halogens is 1. The van der Waals surface area contributed by atoms with Crippen molar-refractivity contribution in [1.29, 1.82) is 0 Å². The summed E-state index contributed by atoms with van der Waals surface area (Å²) in [5, 5.41) is 8.91. The van der Waals surface area contributed by atoms with Crippen molar-refractivity contribution in [3.8, 4) is 5.75 Å². The molecule has 0 aliphatic rings. The molecule has 0 aromatic heterocycles. The number of ether oxygens (including phenoxy) is 1. The highest BCUT2D eigenvalue weighted by Gasteiger charge is 2.28. The van der Waals surface area contributed by atoms with Crippen LogP contribution in [0.25, 0.3) is 0 Å². The molecule has 0 atom stereocenters. The van der Waals surface area contributed by atoms with Crippen LogP contribution in [0.2, 0.25) is 5.02 Å². The first-order chi connectivity index (χ1) is 9.98. The van der Waals surface area contributed by atoms with Crippen molar-refractivity contribution in [2.24, 2.45) is 0 Å². The largest absolute Gasteiger partial charge is 0.495 e. The van der Waals surface area contributed by atoms with Crippen LogP contribution in [0.5, 0.6) is 5.75 Å². The smallest absolute Gasteiger partial charge is 0.303 e. The van der Waals surface area contributed by atoms with Crippen molar-refractivity contribution in [2.45, 2.75) is 44.0 Å². The average Bonchev–Trinajstić information content (AvgIpc) is 2.37. The predicted octanol–water partition coefficient (Wildman–Crippen LogP) is 2.58. The predicted molar refractivity (Wildman–Crippen MR) is 84.0 cm³/mol. The third-order valence-electron chi connectivity index (χ3n) is 3.11. The lowest BCUT2D eigenvalue weighted by Gasteiger charge is -2.26. The Balaban J connectivity index is 3.09. The van der Waals surface area contributed by atoms with E-state index >= 15 is 0 Å². The molecule has 0 spiro atoms. The maximum Gasteiger partial charge on any atom is 0.303 e. The minimum atomic E-state index is -3.83. The van der Waals surface area contributed by atoms with Crippen LogP contribution in [0.15, 0.2) is 17.0 Å². The number of carboxylic acid groups (broad SMARTS) is 1. The van der Waals surface area contributed by atoms with Crippen LogP contribution in [0.3, 0.4) is 0 Å². The van der Waals surface area contributed by atoms with Gasteiger partial charge in [-0.2, -0.15) is 0 Å². The van der Waals surface area contributed by atoms with Gasteiger partial charge in [0, 0.05) is 12.0 Å². The number of hydrogen-bond acceptors (Lipinski definition) is 4. The fourth-order valence-electron chi connectivity index (χ4n) is 1.97. The number of sulfonamides is 1. The van der Waals surface area contributed by atoms with Crippen LogP contribution in [0.1, 0.15) is 32.3 Å². The summed E-state index contributed by atoms with van der Waals surface area (Å²) in [5.74, 6) is -0.584. The Morgan fingerprint density at radius 2 is 2.00 bits per heavy atom. The van der Waals surface area contributed by atoms with Gasteiger partial charge < -0.3 is 9.84 Å². The summed E-state index contributed by atoms with van der Waals surface area (Å²) in [6.45, 7) is 4.90. The number of carbonyl (C=O) groups is 1. The molecule has 6 nitrogen and oxygen atoms in total. The zero-order valence-electron chi connectivity index (χ0n) is 12.9. The first-order valence-electron chi connectivity index (χ1n) is 6.58. The molecule has 0 aliphatic carbocycles. The Labute approximate surface area is 135 Å². The minimum absolute atomic E-state index is 0.0432. The van der Waals surface area contributed by atoms with Crippen molar-refractivity contribution < 1.29 is 23.1 Å². The van der Waals surface area contributed by atoms with Crippen molar-refractivity contribution in [2.75, 3.05) is 7.11 Å². The van der Waals surface area contributed by atoms with Gasteiger partial charge in [0.05, 0.1) is 17.0 Å². The SMILES string of the molecule is COc1cc(C)c(S(=O)(=O)NC(C)(C)CCC(=O)O)cc1Cl. The highest BCUT2D eigenvalue weighted by atomic mass is 35.5. The van der Waals surface area contributed by atoms with Crippen molar-refractivity contribution in [3.05, 3.63) is 22.7 Å². The van der Waals surface area contributed by atoms with E-state index in [4.69, 9.17) is 21.4 Å². The van der Waals surface area contributed by atoms with Gasteiger partial charge in [-0.25, -0.2) is 13.1 Å². The van der Waals surface area contributed by atoms with E-state index in [9.17, 15) is 13.2 Å². The fourth-order valence-corrected chi connectivity index (χ4v) is 3.97. The second kappa shape index (κ2) is 6.85. The Hall–Kier alpha value is -1.31. The zero-order chi connectivity index (χ0) is 17.1. The van der Waals surface area contributed by atoms with Crippen LogP contribution in [0.4, 0.5) is 0 Å². The molecule has 0 heterocycles.